The molecule has 1 aromatic rings. The second-order valence-corrected chi connectivity index (χ2v) is 2.93. The summed E-state index contributed by atoms with van der Waals surface area (Å²) in [5.74, 6) is 2.11. The van der Waals surface area contributed by atoms with Gasteiger partial charge in [-0.1, -0.05) is 18.1 Å². The zero-order chi connectivity index (χ0) is 10.6. The van der Waals surface area contributed by atoms with Crippen LogP contribution in [0.1, 0.15) is 15.9 Å². The molecular formula is C11H12N2O. The molecule has 72 valence electrons. The molecule has 0 aliphatic heterocycles. The standard InChI is InChI=1S/C11H12N2O/c1-3-7-13-11(14)10-8(2)5-4-6-9(10)12/h1,4-6H,7,12H2,2H3,(H,13,14). The second kappa shape index (κ2) is 4.33. The zero-order valence-electron chi connectivity index (χ0n) is 8.00. The third kappa shape index (κ3) is 2.05. The fraction of sp³-hybridized carbons (Fsp3) is 0.182. The Morgan fingerprint density at radius 2 is 2.36 bits per heavy atom. The van der Waals surface area contributed by atoms with Gasteiger partial charge in [0.1, 0.15) is 0 Å². The minimum Gasteiger partial charge on any atom is -0.398 e. The normalized spacial score (nSPS) is 9.14. The molecule has 0 spiro atoms. The van der Waals surface area contributed by atoms with Gasteiger partial charge in [0, 0.05) is 5.69 Å². The molecule has 0 aliphatic carbocycles. The Labute approximate surface area is 83.3 Å². The van der Waals surface area contributed by atoms with Crippen molar-refractivity contribution in [2.75, 3.05) is 12.3 Å². The minimum atomic E-state index is -0.224. The summed E-state index contributed by atoms with van der Waals surface area (Å²) in [6.45, 7) is 2.05. The predicted octanol–water partition coefficient (Wildman–Crippen LogP) is 0.940. The molecule has 1 amide bonds. The van der Waals surface area contributed by atoms with Crippen LogP contribution in [0.25, 0.3) is 0 Å². The van der Waals surface area contributed by atoms with E-state index in [1.165, 1.54) is 0 Å². The van der Waals surface area contributed by atoms with Crippen LogP contribution in [0.4, 0.5) is 5.69 Å². The van der Waals surface area contributed by atoms with Gasteiger partial charge in [0.2, 0.25) is 0 Å². The molecule has 0 saturated heterocycles. The number of rotatable bonds is 2. The SMILES string of the molecule is C#CCNC(=O)c1c(C)cccc1N. The van der Waals surface area contributed by atoms with Crippen molar-refractivity contribution in [2.45, 2.75) is 6.92 Å². The largest absolute Gasteiger partial charge is 0.398 e. The average Bonchev–Trinajstić information content (AvgIpc) is 2.14. The van der Waals surface area contributed by atoms with E-state index in [9.17, 15) is 4.79 Å². The van der Waals surface area contributed by atoms with Crippen molar-refractivity contribution < 1.29 is 4.79 Å². The number of nitrogen functional groups attached to an aromatic ring is 1. The maximum atomic E-state index is 11.6. The Balaban J connectivity index is 2.95. The number of nitrogens with two attached hydrogens (primary N) is 1. The Hall–Kier alpha value is -1.95. The van der Waals surface area contributed by atoms with Gasteiger partial charge in [0.25, 0.3) is 5.91 Å². The molecule has 0 radical (unpaired) electrons. The summed E-state index contributed by atoms with van der Waals surface area (Å²) in [5, 5.41) is 2.58. The number of benzene rings is 1. The first-order valence-corrected chi connectivity index (χ1v) is 4.23. The molecule has 14 heavy (non-hydrogen) atoms. The van der Waals surface area contributed by atoms with Crippen molar-refractivity contribution in [3.05, 3.63) is 29.3 Å². The number of anilines is 1. The molecule has 0 bridgehead atoms. The maximum absolute atomic E-state index is 11.6. The predicted molar refractivity (Wildman–Crippen MR) is 56.8 cm³/mol. The highest BCUT2D eigenvalue weighted by Crippen LogP contribution is 2.15. The lowest BCUT2D eigenvalue weighted by Crippen LogP contribution is -2.25. The first-order valence-electron chi connectivity index (χ1n) is 4.23. The van der Waals surface area contributed by atoms with Gasteiger partial charge in [0.05, 0.1) is 12.1 Å². The monoisotopic (exact) mass is 188 g/mol. The summed E-state index contributed by atoms with van der Waals surface area (Å²) in [6.07, 6.45) is 5.04. The first-order chi connectivity index (χ1) is 6.66. The van der Waals surface area contributed by atoms with E-state index in [1.807, 2.05) is 19.1 Å². The molecule has 3 N–H and O–H groups in total. The van der Waals surface area contributed by atoms with E-state index in [2.05, 4.69) is 11.2 Å². The van der Waals surface area contributed by atoms with Crippen molar-refractivity contribution in [3.8, 4) is 12.3 Å². The molecule has 0 aliphatic rings. The molecule has 0 aromatic heterocycles. The lowest BCUT2D eigenvalue weighted by Gasteiger charge is -2.07. The summed E-state index contributed by atoms with van der Waals surface area (Å²) in [7, 11) is 0. The van der Waals surface area contributed by atoms with Crippen LogP contribution in [0.3, 0.4) is 0 Å². The molecule has 0 saturated carbocycles. The Kier molecular flexibility index (Phi) is 3.14. The van der Waals surface area contributed by atoms with Crippen LogP contribution in [-0.2, 0) is 0 Å². The smallest absolute Gasteiger partial charge is 0.254 e. The molecule has 0 heterocycles. The molecule has 0 fully saturated rings. The van der Waals surface area contributed by atoms with Crippen LogP contribution in [-0.4, -0.2) is 12.5 Å². The average molecular weight is 188 g/mol. The quantitative estimate of drug-likeness (QED) is 0.536. The van der Waals surface area contributed by atoms with Gasteiger partial charge in [-0.2, -0.15) is 0 Å². The molecule has 3 heteroatoms. The third-order valence-electron chi connectivity index (χ3n) is 1.88. The second-order valence-electron chi connectivity index (χ2n) is 2.93. The van der Waals surface area contributed by atoms with E-state index in [0.717, 1.165) is 5.56 Å². The van der Waals surface area contributed by atoms with Crippen LogP contribution < -0.4 is 11.1 Å². The summed E-state index contributed by atoms with van der Waals surface area (Å²) in [4.78, 5) is 11.6. The van der Waals surface area contributed by atoms with E-state index >= 15 is 0 Å². The van der Waals surface area contributed by atoms with E-state index < -0.39 is 0 Å². The Morgan fingerprint density at radius 1 is 1.64 bits per heavy atom. The highest BCUT2D eigenvalue weighted by molar-refractivity contribution is 6.00. The summed E-state index contributed by atoms with van der Waals surface area (Å²) in [6, 6.07) is 5.33. The van der Waals surface area contributed by atoms with Gasteiger partial charge in [-0.3, -0.25) is 4.79 Å². The van der Waals surface area contributed by atoms with E-state index in [0.29, 0.717) is 11.3 Å². The fourth-order valence-electron chi connectivity index (χ4n) is 1.22. The summed E-state index contributed by atoms with van der Waals surface area (Å²) in [5.41, 5.74) is 7.50. The van der Waals surface area contributed by atoms with Crippen molar-refractivity contribution in [3.63, 3.8) is 0 Å². The molecule has 3 nitrogen and oxygen atoms in total. The van der Waals surface area contributed by atoms with Gasteiger partial charge in [-0.25, -0.2) is 0 Å². The number of carbonyl (C=O) groups excluding carboxylic acids is 1. The first kappa shape index (κ1) is 10.1. The summed E-state index contributed by atoms with van der Waals surface area (Å²) < 4.78 is 0. The van der Waals surface area contributed by atoms with Crippen LogP contribution in [0.2, 0.25) is 0 Å². The number of terminal acetylenes is 1. The molecule has 1 aromatic carbocycles. The number of aryl methyl sites for hydroxylation is 1. The summed E-state index contributed by atoms with van der Waals surface area (Å²) >= 11 is 0. The van der Waals surface area contributed by atoms with Gasteiger partial charge in [-0.05, 0) is 18.6 Å². The Morgan fingerprint density at radius 3 is 2.93 bits per heavy atom. The molecule has 1 rings (SSSR count). The third-order valence-corrected chi connectivity index (χ3v) is 1.88. The number of hydrogen-bond donors (Lipinski definition) is 2. The lowest BCUT2D eigenvalue weighted by atomic mass is 10.1. The van der Waals surface area contributed by atoms with E-state index in [4.69, 9.17) is 12.2 Å². The maximum Gasteiger partial charge on any atom is 0.254 e. The van der Waals surface area contributed by atoms with Crippen molar-refractivity contribution >= 4 is 11.6 Å². The molecule has 0 unspecified atom stereocenters. The highest BCUT2D eigenvalue weighted by atomic mass is 16.1. The highest BCUT2D eigenvalue weighted by Gasteiger charge is 2.10. The number of carbonyl (C=O) groups is 1. The topological polar surface area (TPSA) is 55.1 Å². The Bertz CT molecular complexity index is 371. The minimum absolute atomic E-state index is 0.215. The van der Waals surface area contributed by atoms with Crippen molar-refractivity contribution in [1.82, 2.24) is 5.32 Å². The number of nitrogens with one attached hydrogen (secondary N) is 1. The van der Waals surface area contributed by atoms with Crippen molar-refractivity contribution in [1.29, 1.82) is 0 Å². The van der Waals surface area contributed by atoms with Crippen molar-refractivity contribution in [2.24, 2.45) is 0 Å². The number of amides is 1. The van der Waals surface area contributed by atoms with Crippen LogP contribution >= 0.6 is 0 Å². The van der Waals surface area contributed by atoms with Gasteiger partial charge in [0.15, 0.2) is 0 Å². The van der Waals surface area contributed by atoms with Crippen LogP contribution in [0.5, 0.6) is 0 Å². The number of hydrogen-bond acceptors (Lipinski definition) is 2. The van der Waals surface area contributed by atoms with E-state index in [-0.39, 0.29) is 12.5 Å². The van der Waals surface area contributed by atoms with Crippen LogP contribution in [0.15, 0.2) is 18.2 Å². The fourth-order valence-corrected chi connectivity index (χ4v) is 1.22. The molecule has 0 atom stereocenters. The van der Waals surface area contributed by atoms with Gasteiger partial charge >= 0.3 is 0 Å². The lowest BCUT2D eigenvalue weighted by molar-refractivity contribution is 0.0959. The van der Waals surface area contributed by atoms with Gasteiger partial charge in [-0.15, -0.1) is 6.42 Å². The molecular weight excluding hydrogens is 176 g/mol. The zero-order valence-corrected chi connectivity index (χ0v) is 8.00. The van der Waals surface area contributed by atoms with Crippen LogP contribution in [0, 0.1) is 19.3 Å². The van der Waals surface area contributed by atoms with Gasteiger partial charge < -0.3 is 11.1 Å². The van der Waals surface area contributed by atoms with E-state index in [1.54, 1.807) is 6.07 Å².